The molecule has 1 aromatic rings. The first-order chi connectivity index (χ1) is 5.33. The summed E-state index contributed by atoms with van der Waals surface area (Å²) in [6, 6.07) is 8.97. The van der Waals surface area contributed by atoms with Crippen molar-refractivity contribution in [1.82, 2.24) is 0 Å². The van der Waals surface area contributed by atoms with Crippen LogP contribution in [-0.4, -0.2) is 4.21 Å². The molecule has 2 nitrogen and oxygen atoms in total. The van der Waals surface area contributed by atoms with Crippen LogP contribution in [0.15, 0.2) is 42.3 Å². The maximum absolute atomic E-state index is 10.8. The number of benzene rings is 1. The van der Waals surface area contributed by atoms with Crippen molar-refractivity contribution in [2.45, 2.75) is 0 Å². The van der Waals surface area contributed by atoms with Crippen molar-refractivity contribution >= 4 is 11.1 Å². The Kier molecular flexibility index (Phi) is 6.38. The molecule has 12 heavy (non-hydrogen) atoms. The van der Waals surface area contributed by atoms with Crippen molar-refractivity contribution < 1.29 is 39.4 Å². The predicted octanol–water partition coefficient (Wildman–Crippen LogP) is -1.01. The molecule has 0 aliphatic heterocycles. The number of rotatable bonds is 3. The second-order valence-corrected chi connectivity index (χ2v) is 2.84. The van der Waals surface area contributed by atoms with E-state index in [0.717, 1.165) is 0 Å². The Morgan fingerprint density at radius 3 is 2.50 bits per heavy atom. The van der Waals surface area contributed by atoms with E-state index in [0.29, 0.717) is 5.75 Å². The molecule has 0 heterocycles. The third-order valence-corrected chi connectivity index (χ3v) is 1.69. The summed E-state index contributed by atoms with van der Waals surface area (Å²) in [4.78, 5) is 0. The van der Waals surface area contributed by atoms with Crippen LogP contribution in [0.1, 0.15) is 1.43 Å². The Labute approximate surface area is 98.1 Å². The van der Waals surface area contributed by atoms with E-state index in [1.165, 1.54) is 5.41 Å². The minimum absolute atomic E-state index is 0. The molecule has 0 aliphatic rings. The van der Waals surface area contributed by atoms with Gasteiger partial charge in [0.1, 0.15) is 5.75 Å². The van der Waals surface area contributed by atoms with Crippen LogP contribution in [0.5, 0.6) is 5.75 Å². The first-order valence-electron chi connectivity index (χ1n) is 3.09. The zero-order valence-electron chi connectivity index (χ0n) is 7.90. The molecule has 0 saturated carbocycles. The van der Waals surface area contributed by atoms with Gasteiger partial charge in [-0.3, -0.25) is 0 Å². The molecular weight excluding hydrogens is 183 g/mol. The van der Waals surface area contributed by atoms with Gasteiger partial charge in [-0.1, -0.05) is 24.8 Å². The van der Waals surface area contributed by atoms with Gasteiger partial charge >= 0.3 is 29.6 Å². The molecule has 0 radical (unpaired) electrons. The molecule has 0 aliphatic carbocycles. The van der Waals surface area contributed by atoms with Crippen LogP contribution < -0.4 is 33.7 Å². The monoisotopic (exact) mass is 192 g/mol. The average Bonchev–Trinajstić information content (AvgIpc) is 2.06. The summed E-state index contributed by atoms with van der Waals surface area (Å²) in [6.45, 7) is 3.33. The summed E-state index contributed by atoms with van der Waals surface area (Å²) in [5.41, 5.74) is 0. The SMILES string of the molecule is C=CS(=O)Oc1ccccc1.[H-].[Na+]. The number of hydrogen-bond donors (Lipinski definition) is 0. The maximum Gasteiger partial charge on any atom is 1.00 e. The van der Waals surface area contributed by atoms with Gasteiger partial charge in [-0.05, 0) is 12.1 Å². The van der Waals surface area contributed by atoms with Crippen LogP contribution >= 0.6 is 0 Å². The molecule has 0 bridgehead atoms. The second kappa shape index (κ2) is 6.43. The van der Waals surface area contributed by atoms with E-state index >= 15 is 0 Å². The van der Waals surface area contributed by atoms with E-state index in [1.807, 2.05) is 18.2 Å². The van der Waals surface area contributed by atoms with Crippen molar-refractivity contribution in [3.8, 4) is 5.75 Å². The van der Waals surface area contributed by atoms with Crippen LogP contribution in [0.2, 0.25) is 0 Å². The minimum Gasteiger partial charge on any atom is -1.00 e. The van der Waals surface area contributed by atoms with Crippen LogP contribution in [0.3, 0.4) is 0 Å². The normalized spacial score (nSPS) is 11.0. The Bertz CT molecular complexity index is 266. The van der Waals surface area contributed by atoms with Crippen LogP contribution in [0, 0.1) is 0 Å². The Balaban J connectivity index is 0. The van der Waals surface area contributed by atoms with E-state index in [-0.39, 0.29) is 31.0 Å². The average molecular weight is 192 g/mol. The molecule has 0 fully saturated rings. The minimum atomic E-state index is -1.41. The fraction of sp³-hybridized carbons (Fsp3) is 0. The molecule has 0 aromatic heterocycles. The second-order valence-electron chi connectivity index (χ2n) is 1.82. The van der Waals surface area contributed by atoms with Crippen LogP contribution in [0.25, 0.3) is 0 Å². The van der Waals surface area contributed by atoms with Gasteiger partial charge in [0.05, 0.1) is 0 Å². The zero-order valence-corrected chi connectivity index (χ0v) is 9.71. The molecule has 0 spiro atoms. The summed E-state index contributed by atoms with van der Waals surface area (Å²) in [5, 5.41) is 1.24. The molecule has 0 amide bonds. The summed E-state index contributed by atoms with van der Waals surface area (Å²) in [6.07, 6.45) is 0. The summed E-state index contributed by atoms with van der Waals surface area (Å²) < 4.78 is 15.7. The van der Waals surface area contributed by atoms with Crippen molar-refractivity contribution in [3.05, 3.63) is 42.3 Å². The molecular formula is C8H9NaO2S. The predicted molar refractivity (Wildman–Crippen MR) is 46.5 cm³/mol. The van der Waals surface area contributed by atoms with Crippen molar-refractivity contribution in [2.24, 2.45) is 0 Å². The third-order valence-electron chi connectivity index (χ3n) is 1.06. The van der Waals surface area contributed by atoms with Gasteiger partial charge in [-0.2, -0.15) is 0 Å². The third kappa shape index (κ3) is 4.07. The zero-order chi connectivity index (χ0) is 8.10. The molecule has 1 atom stereocenters. The molecule has 1 aromatic carbocycles. The quantitative estimate of drug-likeness (QED) is 0.574. The maximum atomic E-state index is 10.8. The molecule has 1 rings (SSSR count). The number of hydrogen-bond acceptors (Lipinski definition) is 2. The van der Waals surface area contributed by atoms with Gasteiger partial charge in [-0.25, -0.2) is 4.21 Å². The molecule has 0 saturated heterocycles. The Hall–Kier alpha value is -0.0900. The first kappa shape index (κ1) is 11.9. The van der Waals surface area contributed by atoms with Crippen molar-refractivity contribution in [2.75, 3.05) is 0 Å². The van der Waals surface area contributed by atoms with Gasteiger partial charge < -0.3 is 5.61 Å². The van der Waals surface area contributed by atoms with E-state index in [2.05, 4.69) is 6.58 Å². The molecule has 4 heteroatoms. The molecule has 1 unspecified atom stereocenters. The number of para-hydroxylation sites is 1. The van der Waals surface area contributed by atoms with E-state index < -0.39 is 11.1 Å². The van der Waals surface area contributed by atoms with Gasteiger partial charge in [0, 0.05) is 5.41 Å². The summed E-state index contributed by atoms with van der Waals surface area (Å²) in [5.74, 6) is 0.589. The fourth-order valence-corrected chi connectivity index (χ4v) is 0.974. The Morgan fingerprint density at radius 1 is 1.42 bits per heavy atom. The van der Waals surface area contributed by atoms with E-state index in [4.69, 9.17) is 4.18 Å². The van der Waals surface area contributed by atoms with Crippen LogP contribution in [-0.2, 0) is 11.1 Å². The van der Waals surface area contributed by atoms with E-state index in [9.17, 15) is 4.21 Å². The Morgan fingerprint density at radius 2 is 2.00 bits per heavy atom. The largest absolute Gasteiger partial charge is 1.00 e. The standard InChI is InChI=1S/C8H8O2S.Na.H/c1-2-11(9)10-8-6-4-3-5-7-8;;/h2-7H,1H2;;/q;+1;-1. The van der Waals surface area contributed by atoms with Crippen molar-refractivity contribution in [1.29, 1.82) is 0 Å². The fourth-order valence-electron chi connectivity index (χ4n) is 0.605. The van der Waals surface area contributed by atoms with Crippen molar-refractivity contribution in [3.63, 3.8) is 0 Å². The summed E-state index contributed by atoms with van der Waals surface area (Å²) in [7, 11) is 0. The molecule has 0 N–H and O–H groups in total. The summed E-state index contributed by atoms with van der Waals surface area (Å²) >= 11 is -1.41. The molecule has 60 valence electrons. The van der Waals surface area contributed by atoms with Crippen LogP contribution in [0.4, 0.5) is 0 Å². The van der Waals surface area contributed by atoms with Gasteiger partial charge in [-0.15, -0.1) is 0 Å². The van der Waals surface area contributed by atoms with E-state index in [1.54, 1.807) is 12.1 Å². The smallest absolute Gasteiger partial charge is 1.00 e. The van der Waals surface area contributed by atoms with Gasteiger partial charge in [0.2, 0.25) is 11.1 Å². The first-order valence-corrected chi connectivity index (χ1v) is 4.23. The van der Waals surface area contributed by atoms with Gasteiger partial charge in [0.15, 0.2) is 0 Å². The van der Waals surface area contributed by atoms with Gasteiger partial charge in [0.25, 0.3) is 0 Å². The topological polar surface area (TPSA) is 26.3 Å².